The van der Waals surface area contributed by atoms with Gasteiger partial charge in [0.25, 0.3) is 5.91 Å². The number of carbonyl (C=O) groups is 1. The summed E-state index contributed by atoms with van der Waals surface area (Å²) in [6.45, 7) is 0. The molecule has 6 nitrogen and oxygen atoms in total. The molecule has 2 unspecified atom stereocenters. The first-order valence-electron chi connectivity index (χ1n) is 8.71. The van der Waals surface area contributed by atoms with E-state index in [1.54, 1.807) is 18.3 Å². The third kappa shape index (κ3) is 2.79. The van der Waals surface area contributed by atoms with Gasteiger partial charge in [0, 0.05) is 28.8 Å². The van der Waals surface area contributed by atoms with E-state index in [1.165, 1.54) is 12.4 Å². The molecule has 27 heavy (non-hydrogen) atoms. The highest BCUT2D eigenvalue weighted by molar-refractivity contribution is 6.31. The van der Waals surface area contributed by atoms with Crippen LogP contribution >= 0.6 is 23.2 Å². The van der Waals surface area contributed by atoms with Crippen molar-refractivity contribution in [3.05, 3.63) is 58.0 Å². The molecule has 1 amide bonds. The van der Waals surface area contributed by atoms with Crippen LogP contribution < -0.4 is 5.32 Å². The number of hydrogen-bond donors (Lipinski definition) is 3. The van der Waals surface area contributed by atoms with Crippen molar-refractivity contribution >= 4 is 40.0 Å². The van der Waals surface area contributed by atoms with Crippen molar-refractivity contribution in [2.45, 2.75) is 24.5 Å². The lowest BCUT2D eigenvalue weighted by Gasteiger charge is -2.27. The largest absolute Gasteiger partial charge is 0.385 e. The fourth-order valence-electron chi connectivity index (χ4n) is 4.47. The lowest BCUT2D eigenvalue weighted by molar-refractivity contribution is 0.0293. The topological polar surface area (TPSA) is 90.9 Å². The fourth-order valence-corrected chi connectivity index (χ4v) is 4.86. The molecule has 0 spiro atoms. The van der Waals surface area contributed by atoms with Gasteiger partial charge < -0.3 is 10.4 Å². The van der Waals surface area contributed by atoms with Gasteiger partial charge in [-0.05, 0) is 48.4 Å². The van der Waals surface area contributed by atoms with Crippen molar-refractivity contribution in [2.75, 3.05) is 0 Å². The van der Waals surface area contributed by atoms with E-state index < -0.39 is 5.60 Å². The number of carbonyl (C=O) groups excluding carboxylic acids is 1. The van der Waals surface area contributed by atoms with Crippen LogP contribution in [0.4, 0.5) is 0 Å². The molecule has 2 saturated carbocycles. The van der Waals surface area contributed by atoms with Crippen molar-refractivity contribution in [1.82, 2.24) is 20.5 Å². The molecule has 2 fully saturated rings. The van der Waals surface area contributed by atoms with Crippen LogP contribution in [0.1, 0.15) is 28.8 Å². The normalized spacial score (nSPS) is 28.9. The third-order valence-electron chi connectivity index (χ3n) is 5.77. The fraction of sp³-hybridized carbons (Fsp3) is 0.316. The smallest absolute Gasteiger partial charge is 0.253 e. The van der Waals surface area contributed by atoms with Crippen LogP contribution in [0.5, 0.6) is 0 Å². The molecule has 138 valence electrons. The van der Waals surface area contributed by atoms with Gasteiger partial charge >= 0.3 is 0 Å². The highest BCUT2D eigenvalue weighted by atomic mass is 35.5. The summed E-state index contributed by atoms with van der Waals surface area (Å²) >= 11 is 12.1. The summed E-state index contributed by atoms with van der Waals surface area (Å²) in [5.74, 6) is 0.298. The molecule has 4 atom stereocenters. The number of rotatable bonds is 3. The van der Waals surface area contributed by atoms with Crippen molar-refractivity contribution in [3.63, 3.8) is 0 Å². The van der Waals surface area contributed by atoms with E-state index in [0.29, 0.717) is 28.5 Å². The van der Waals surface area contributed by atoms with Gasteiger partial charge in [0.15, 0.2) is 0 Å². The van der Waals surface area contributed by atoms with E-state index in [4.69, 9.17) is 23.2 Å². The van der Waals surface area contributed by atoms with Gasteiger partial charge in [0.1, 0.15) is 0 Å². The predicted molar refractivity (Wildman–Crippen MR) is 102 cm³/mol. The van der Waals surface area contributed by atoms with E-state index in [-0.39, 0.29) is 23.8 Å². The molecule has 2 aromatic heterocycles. The Hall–Kier alpha value is -2.15. The number of nitrogens with one attached hydrogen (secondary N) is 2. The molecule has 1 aromatic carbocycles. The monoisotopic (exact) mass is 402 g/mol. The van der Waals surface area contributed by atoms with Crippen molar-refractivity contribution in [2.24, 2.45) is 11.8 Å². The van der Waals surface area contributed by atoms with Crippen molar-refractivity contribution < 1.29 is 9.90 Å². The maximum absolute atomic E-state index is 12.4. The van der Waals surface area contributed by atoms with Crippen LogP contribution in [0.3, 0.4) is 0 Å². The van der Waals surface area contributed by atoms with Gasteiger partial charge in [-0.3, -0.25) is 14.9 Å². The summed E-state index contributed by atoms with van der Waals surface area (Å²) in [6, 6.07) is 5.28. The SMILES string of the molecule is O=C(NC1[C@H]2CC(O)(c3cc(Cl)cc4[nH]ncc34)C[C@@H]12)c1cncc(Cl)c1. The van der Waals surface area contributed by atoms with Crippen LogP contribution in [0.2, 0.25) is 10.0 Å². The van der Waals surface area contributed by atoms with Gasteiger partial charge in [-0.15, -0.1) is 0 Å². The van der Waals surface area contributed by atoms with Gasteiger partial charge in [-0.2, -0.15) is 5.10 Å². The standard InChI is InChI=1S/C19H16Cl2N4O2/c20-10-2-15(14-8-23-25-16(14)3-10)19(27)4-12-13(5-19)17(12)24-18(26)9-1-11(21)7-22-6-9/h1-3,6-8,12-13,17,27H,4-5H2,(H,23,25)(H,24,26)/t12-,13+,17?,19?. The first kappa shape index (κ1) is 17.0. The van der Waals surface area contributed by atoms with Gasteiger partial charge in [0.05, 0.1) is 27.9 Å². The Balaban J connectivity index is 1.33. The van der Waals surface area contributed by atoms with E-state index in [1.807, 2.05) is 6.07 Å². The van der Waals surface area contributed by atoms with Crippen LogP contribution in [0, 0.1) is 11.8 Å². The van der Waals surface area contributed by atoms with E-state index in [9.17, 15) is 9.90 Å². The third-order valence-corrected chi connectivity index (χ3v) is 6.19. The summed E-state index contributed by atoms with van der Waals surface area (Å²) in [7, 11) is 0. The number of fused-ring (bicyclic) bond motifs is 2. The molecule has 0 bridgehead atoms. The number of H-pyrrole nitrogens is 1. The Kier molecular flexibility index (Phi) is 3.73. The van der Waals surface area contributed by atoms with E-state index in [2.05, 4.69) is 20.5 Å². The maximum Gasteiger partial charge on any atom is 0.253 e. The van der Waals surface area contributed by atoms with E-state index in [0.717, 1.165) is 16.5 Å². The Morgan fingerprint density at radius 3 is 2.67 bits per heavy atom. The molecule has 0 saturated heterocycles. The second-order valence-corrected chi connectivity index (χ2v) is 8.32. The lowest BCUT2D eigenvalue weighted by Crippen LogP contribution is -2.33. The number of hydrogen-bond acceptors (Lipinski definition) is 4. The molecule has 3 aromatic rings. The number of amides is 1. The Morgan fingerprint density at radius 2 is 1.93 bits per heavy atom. The molecule has 2 heterocycles. The molecule has 8 heteroatoms. The summed E-state index contributed by atoms with van der Waals surface area (Å²) in [4.78, 5) is 16.3. The lowest BCUT2D eigenvalue weighted by atomic mass is 9.86. The number of aromatic amines is 1. The van der Waals surface area contributed by atoms with Gasteiger partial charge in [-0.25, -0.2) is 0 Å². The number of pyridine rings is 1. The summed E-state index contributed by atoms with van der Waals surface area (Å²) < 4.78 is 0. The zero-order chi connectivity index (χ0) is 18.8. The first-order valence-corrected chi connectivity index (χ1v) is 9.47. The van der Waals surface area contributed by atoms with Crippen LogP contribution in [0.25, 0.3) is 10.9 Å². The highest BCUT2D eigenvalue weighted by Gasteiger charge is 2.62. The number of aliphatic hydroxyl groups is 1. The number of nitrogens with zero attached hydrogens (tertiary/aromatic N) is 2. The zero-order valence-electron chi connectivity index (χ0n) is 14.1. The Labute approximate surface area is 164 Å². The summed E-state index contributed by atoms with van der Waals surface area (Å²) in [5, 5.41) is 23.1. The molecular formula is C19H16Cl2N4O2. The highest BCUT2D eigenvalue weighted by Crippen LogP contribution is 2.60. The minimum Gasteiger partial charge on any atom is -0.385 e. The molecule has 0 aliphatic heterocycles. The molecular weight excluding hydrogens is 387 g/mol. The Morgan fingerprint density at radius 1 is 1.15 bits per heavy atom. The second-order valence-electron chi connectivity index (χ2n) is 7.44. The van der Waals surface area contributed by atoms with Gasteiger partial charge in [0.2, 0.25) is 0 Å². The maximum atomic E-state index is 12.4. The zero-order valence-corrected chi connectivity index (χ0v) is 15.6. The van der Waals surface area contributed by atoms with Crippen LogP contribution in [-0.2, 0) is 5.60 Å². The van der Waals surface area contributed by atoms with Crippen molar-refractivity contribution in [1.29, 1.82) is 0 Å². The van der Waals surface area contributed by atoms with Crippen molar-refractivity contribution in [3.8, 4) is 0 Å². The average molecular weight is 403 g/mol. The second kappa shape index (κ2) is 5.92. The van der Waals surface area contributed by atoms with Crippen LogP contribution in [0.15, 0.2) is 36.8 Å². The van der Waals surface area contributed by atoms with Crippen LogP contribution in [-0.4, -0.2) is 32.2 Å². The molecule has 5 rings (SSSR count). The quantitative estimate of drug-likeness (QED) is 0.626. The minimum absolute atomic E-state index is 0.0655. The summed E-state index contributed by atoms with van der Waals surface area (Å²) in [5.41, 5.74) is 1.10. The number of halogens is 2. The molecule has 3 N–H and O–H groups in total. The predicted octanol–water partition coefficient (Wildman–Crippen LogP) is 3.29. The number of aromatic nitrogens is 3. The molecule has 0 radical (unpaired) electrons. The Bertz CT molecular complexity index is 1050. The summed E-state index contributed by atoms with van der Waals surface area (Å²) in [6.07, 6.45) is 5.87. The van der Waals surface area contributed by atoms with E-state index >= 15 is 0 Å². The molecule has 2 aliphatic rings. The minimum atomic E-state index is -0.957. The van der Waals surface area contributed by atoms with Gasteiger partial charge in [-0.1, -0.05) is 23.2 Å². The first-order chi connectivity index (χ1) is 12.9. The molecule has 2 aliphatic carbocycles. The number of benzene rings is 1. The average Bonchev–Trinajstić information content (AvgIpc) is 3.01.